The minimum atomic E-state index is -0.306. The molecule has 0 saturated carbocycles. The number of nitrogens with one attached hydrogen (secondary N) is 1. The van der Waals surface area contributed by atoms with Gasteiger partial charge in [-0.25, -0.2) is 9.37 Å². The van der Waals surface area contributed by atoms with Gasteiger partial charge in [0.2, 0.25) is 11.8 Å². The summed E-state index contributed by atoms with van der Waals surface area (Å²) < 4.78 is 14.2. The van der Waals surface area contributed by atoms with Crippen LogP contribution in [0.15, 0.2) is 42.5 Å². The van der Waals surface area contributed by atoms with Crippen LogP contribution in [-0.2, 0) is 22.6 Å². The van der Waals surface area contributed by atoms with Crippen LogP contribution < -0.4 is 5.32 Å². The number of carbonyl (C=O) groups is 2. The van der Waals surface area contributed by atoms with Crippen LogP contribution in [0.1, 0.15) is 48.2 Å². The number of amides is 2. The van der Waals surface area contributed by atoms with Crippen molar-refractivity contribution >= 4 is 39.9 Å². The minimum absolute atomic E-state index is 0.0491. The van der Waals surface area contributed by atoms with E-state index in [4.69, 9.17) is 11.6 Å². The minimum Gasteiger partial charge on any atom is -0.341 e. The number of rotatable bonds is 7. The van der Waals surface area contributed by atoms with Gasteiger partial charge in [-0.3, -0.25) is 19.8 Å². The number of anilines is 1. The van der Waals surface area contributed by atoms with Gasteiger partial charge in [-0.15, -0.1) is 11.3 Å². The van der Waals surface area contributed by atoms with Crippen molar-refractivity contribution in [3.05, 3.63) is 69.5 Å². The number of hydrogen-bond acceptors (Lipinski definition) is 5. The Labute approximate surface area is 214 Å². The Morgan fingerprint density at radius 3 is 2.94 bits per heavy atom. The largest absolute Gasteiger partial charge is 0.341 e. The number of aryl methyl sites for hydroxylation is 1. The summed E-state index contributed by atoms with van der Waals surface area (Å²) >= 11 is 7.65. The zero-order valence-corrected chi connectivity index (χ0v) is 21.5. The van der Waals surface area contributed by atoms with Gasteiger partial charge in [-0.1, -0.05) is 35.9 Å². The molecule has 1 aliphatic heterocycles. The monoisotopic (exact) mass is 516 g/mol. The van der Waals surface area contributed by atoms with Crippen LogP contribution in [0.5, 0.6) is 0 Å². The first-order chi connectivity index (χ1) is 16.9. The first-order valence-electron chi connectivity index (χ1n) is 11.9. The smallest absolute Gasteiger partial charge is 0.250 e. The molecule has 4 rings (SSSR count). The van der Waals surface area contributed by atoms with Gasteiger partial charge in [-0.2, -0.15) is 0 Å². The Kier molecular flexibility index (Phi) is 8.36. The fraction of sp³-hybridized carbons (Fsp3) is 0.423. The van der Waals surface area contributed by atoms with Crippen LogP contribution in [0.3, 0.4) is 0 Å². The summed E-state index contributed by atoms with van der Waals surface area (Å²) in [5.74, 6) is -0.795. The van der Waals surface area contributed by atoms with E-state index in [0.29, 0.717) is 28.8 Å². The van der Waals surface area contributed by atoms with Gasteiger partial charge in [0.1, 0.15) is 5.82 Å². The molecule has 1 aliphatic carbocycles. The molecule has 1 fully saturated rings. The number of carbonyl (C=O) groups excluding carboxylic acids is 2. The van der Waals surface area contributed by atoms with Gasteiger partial charge in [-0.05, 0) is 44.7 Å². The standard InChI is InChI=1S/C26H30ClFN4O2S/c1-3-4-5-12-23(33)29-26-30-24-18(8-6-11-22(24)35-26)25(34)31(2)17-13-14-32(15-17)16-19-20(27)9-7-10-21(19)28/h3-5,7,9-10,12,17-18H,6,8,11,13-16H2,1-2H3,(H,29,30,33). The lowest BCUT2D eigenvalue weighted by Gasteiger charge is -2.30. The topological polar surface area (TPSA) is 65.5 Å². The second-order valence-electron chi connectivity index (χ2n) is 8.97. The lowest BCUT2D eigenvalue weighted by molar-refractivity contribution is -0.133. The molecule has 1 aromatic carbocycles. The second kappa shape index (κ2) is 11.5. The van der Waals surface area contributed by atoms with Gasteiger partial charge < -0.3 is 4.90 Å². The molecule has 0 bridgehead atoms. The average molecular weight is 517 g/mol. The highest BCUT2D eigenvalue weighted by Crippen LogP contribution is 2.38. The molecule has 2 heterocycles. The Balaban J connectivity index is 1.40. The molecule has 0 radical (unpaired) electrons. The van der Waals surface area contributed by atoms with E-state index in [2.05, 4.69) is 15.2 Å². The quantitative estimate of drug-likeness (QED) is 0.408. The van der Waals surface area contributed by atoms with Crippen LogP contribution in [0.25, 0.3) is 0 Å². The number of allylic oxidation sites excluding steroid dienone is 3. The fourth-order valence-electron chi connectivity index (χ4n) is 4.72. The SMILES string of the molecule is CC=CC=CC(=O)Nc1nc2c(s1)CCCC2C(=O)N(C)C1CCN(Cc2c(F)cccc2Cl)C1. The molecule has 9 heteroatoms. The van der Waals surface area contributed by atoms with Gasteiger partial charge >= 0.3 is 0 Å². The summed E-state index contributed by atoms with van der Waals surface area (Å²) in [4.78, 5) is 35.3. The van der Waals surface area contributed by atoms with Crippen molar-refractivity contribution in [2.75, 3.05) is 25.5 Å². The zero-order chi connectivity index (χ0) is 24.9. The van der Waals surface area contributed by atoms with Crippen molar-refractivity contribution in [1.82, 2.24) is 14.8 Å². The predicted octanol–water partition coefficient (Wildman–Crippen LogP) is 5.16. The van der Waals surface area contributed by atoms with Crippen molar-refractivity contribution in [1.29, 1.82) is 0 Å². The lowest BCUT2D eigenvalue weighted by Crippen LogP contribution is -2.42. The third-order valence-electron chi connectivity index (χ3n) is 6.62. The molecule has 0 spiro atoms. The number of likely N-dealkylation sites (N-methyl/N-ethyl adjacent to an activating group) is 1. The Morgan fingerprint density at radius 2 is 2.17 bits per heavy atom. The van der Waals surface area contributed by atoms with Crippen LogP contribution in [0.4, 0.5) is 9.52 Å². The summed E-state index contributed by atoms with van der Waals surface area (Å²) in [7, 11) is 1.85. The van der Waals surface area contributed by atoms with Crippen molar-refractivity contribution < 1.29 is 14.0 Å². The van der Waals surface area contributed by atoms with Gasteiger partial charge in [0.15, 0.2) is 5.13 Å². The van der Waals surface area contributed by atoms with E-state index in [0.717, 1.165) is 42.8 Å². The van der Waals surface area contributed by atoms with Gasteiger partial charge in [0.25, 0.3) is 0 Å². The molecule has 2 amide bonds. The van der Waals surface area contributed by atoms with E-state index < -0.39 is 0 Å². The Hall–Kier alpha value is -2.55. The third-order valence-corrected chi connectivity index (χ3v) is 8.02. The molecule has 2 aromatic rings. The van der Waals surface area contributed by atoms with Gasteiger partial charge in [0.05, 0.1) is 11.6 Å². The van der Waals surface area contributed by atoms with Gasteiger partial charge in [0, 0.05) is 54.3 Å². The maximum atomic E-state index is 14.2. The van der Waals surface area contributed by atoms with Crippen LogP contribution in [0, 0.1) is 5.82 Å². The highest BCUT2D eigenvalue weighted by atomic mass is 35.5. The summed E-state index contributed by atoms with van der Waals surface area (Å²) in [6.07, 6.45) is 10.1. The van der Waals surface area contributed by atoms with E-state index in [-0.39, 0.29) is 29.6 Å². The van der Waals surface area contributed by atoms with Crippen LogP contribution >= 0.6 is 22.9 Å². The number of likely N-dealkylation sites (tertiary alicyclic amines) is 1. The molecule has 2 aliphatic rings. The van der Waals surface area contributed by atoms with E-state index >= 15 is 0 Å². The molecule has 2 atom stereocenters. The number of benzene rings is 1. The van der Waals surface area contributed by atoms with Crippen molar-refractivity contribution in [3.63, 3.8) is 0 Å². The average Bonchev–Trinajstić information content (AvgIpc) is 3.47. The van der Waals surface area contributed by atoms with Crippen molar-refractivity contribution in [3.8, 4) is 0 Å². The predicted molar refractivity (Wildman–Crippen MR) is 138 cm³/mol. The molecule has 6 nitrogen and oxygen atoms in total. The molecule has 1 saturated heterocycles. The molecule has 1 aromatic heterocycles. The second-order valence-corrected chi connectivity index (χ2v) is 10.5. The van der Waals surface area contributed by atoms with E-state index in [1.54, 1.807) is 24.3 Å². The molecule has 35 heavy (non-hydrogen) atoms. The van der Waals surface area contributed by atoms with Crippen LogP contribution in [0.2, 0.25) is 5.02 Å². The van der Waals surface area contributed by atoms with Crippen molar-refractivity contribution in [2.24, 2.45) is 0 Å². The molecular formula is C26H30ClFN4O2S. The Morgan fingerprint density at radius 1 is 1.34 bits per heavy atom. The van der Waals surface area contributed by atoms with E-state index in [1.165, 1.54) is 23.5 Å². The fourth-order valence-corrected chi connectivity index (χ4v) is 6.01. The molecule has 1 N–H and O–H groups in total. The number of fused-ring (bicyclic) bond motifs is 1. The number of hydrogen-bond donors (Lipinski definition) is 1. The van der Waals surface area contributed by atoms with E-state index in [9.17, 15) is 14.0 Å². The summed E-state index contributed by atoms with van der Waals surface area (Å²) in [5, 5.41) is 3.77. The zero-order valence-electron chi connectivity index (χ0n) is 20.0. The third kappa shape index (κ3) is 6.00. The Bertz CT molecular complexity index is 1130. The molecule has 2 unspecified atom stereocenters. The number of halogens is 2. The summed E-state index contributed by atoms with van der Waals surface area (Å²) in [6.45, 7) is 3.75. The first kappa shape index (κ1) is 25.5. The number of nitrogens with zero attached hydrogens (tertiary/aromatic N) is 3. The van der Waals surface area contributed by atoms with E-state index in [1.807, 2.05) is 24.9 Å². The first-order valence-corrected chi connectivity index (χ1v) is 13.1. The maximum Gasteiger partial charge on any atom is 0.250 e. The summed E-state index contributed by atoms with van der Waals surface area (Å²) in [5.41, 5.74) is 1.29. The highest BCUT2D eigenvalue weighted by Gasteiger charge is 2.36. The molecule has 186 valence electrons. The maximum absolute atomic E-state index is 14.2. The molecular weight excluding hydrogens is 487 g/mol. The normalized spacial score (nSPS) is 20.5. The number of aromatic nitrogens is 1. The van der Waals surface area contributed by atoms with Crippen LogP contribution in [-0.4, -0.2) is 52.8 Å². The number of thiazole rings is 1. The highest BCUT2D eigenvalue weighted by molar-refractivity contribution is 7.15. The van der Waals surface area contributed by atoms with Crippen molar-refractivity contribution in [2.45, 2.75) is 51.1 Å². The summed E-state index contributed by atoms with van der Waals surface area (Å²) in [6, 6.07) is 4.78. The lowest BCUT2D eigenvalue weighted by atomic mass is 9.89.